The van der Waals surface area contributed by atoms with Gasteiger partial charge in [0, 0.05) is 43.5 Å². The molecule has 5 rings (SSSR count). The number of para-hydroxylation sites is 1. The monoisotopic (exact) mass is 463 g/mol. The summed E-state index contributed by atoms with van der Waals surface area (Å²) in [5.74, 6) is 1.99. The molecular formula is C26H27F2N5O. The number of hydrogen-bond donors (Lipinski definition) is 1. The molecule has 1 N–H and O–H groups in total. The molecule has 1 saturated heterocycles. The average molecular weight is 464 g/mol. The molecule has 0 saturated carbocycles. The third kappa shape index (κ3) is 4.46. The number of pyridine rings is 1. The lowest BCUT2D eigenvalue weighted by Gasteiger charge is -2.28. The molecule has 0 spiro atoms. The molecule has 0 radical (unpaired) electrons. The van der Waals surface area contributed by atoms with Gasteiger partial charge in [0.15, 0.2) is 0 Å². The number of imidazole rings is 1. The number of halogens is 2. The van der Waals surface area contributed by atoms with Crippen molar-refractivity contribution in [1.29, 1.82) is 0 Å². The fraction of sp³-hybridized carbons (Fsp3) is 0.308. The number of aromatic nitrogens is 3. The molecule has 3 heterocycles. The molecule has 176 valence electrons. The van der Waals surface area contributed by atoms with E-state index in [4.69, 9.17) is 9.72 Å². The van der Waals surface area contributed by atoms with Gasteiger partial charge in [-0.2, -0.15) is 8.78 Å². The number of benzene rings is 2. The minimum atomic E-state index is -2.87. The van der Waals surface area contributed by atoms with E-state index < -0.39 is 6.61 Å². The van der Waals surface area contributed by atoms with Crippen LogP contribution in [0, 0.1) is 13.8 Å². The largest absolute Gasteiger partial charge is 0.434 e. The molecule has 0 unspecified atom stereocenters. The van der Waals surface area contributed by atoms with Gasteiger partial charge in [0.25, 0.3) is 0 Å². The SMILES string of the molecule is Cc1cc(N2CCNCC2)ncc1-c1ccc2nc(C)n(Cc3ccccc3OC(F)F)c2c1. The molecule has 0 atom stereocenters. The van der Waals surface area contributed by atoms with Crippen LogP contribution in [0.25, 0.3) is 22.2 Å². The van der Waals surface area contributed by atoms with E-state index in [1.807, 2.05) is 29.8 Å². The predicted octanol–water partition coefficient (Wildman–Crippen LogP) is 4.77. The van der Waals surface area contributed by atoms with Crippen molar-refractivity contribution in [3.63, 3.8) is 0 Å². The Morgan fingerprint density at radius 3 is 2.62 bits per heavy atom. The van der Waals surface area contributed by atoms with Crippen molar-refractivity contribution >= 4 is 16.9 Å². The van der Waals surface area contributed by atoms with Gasteiger partial charge in [0.05, 0.1) is 17.6 Å². The van der Waals surface area contributed by atoms with Crippen molar-refractivity contribution in [2.45, 2.75) is 27.0 Å². The van der Waals surface area contributed by atoms with Gasteiger partial charge in [-0.3, -0.25) is 0 Å². The summed E-state index contributed by atoms with van der Waals surface area (Å²) in [6.07, 6.45) is 1.94. The van der Waals surface area contributed by atoms with Crippen molar-refractivity contribution < 1.29 is 13.5 Å². The summed E-state index contributed by atoms with van der Waals surface area (Å²) in [5.41, 5.74) is 5.73. The number of rotatable bonds is 6. The molecule has 0 aliphatic carbocycles. The van der Waals surface area contributed by atoms with Crippen LogP contribution in [0.15, 0.2) is 54.7 Å². The van der Waals surface area contributed by atoms with E-state index in [9.17, 15) is 8.78 Å². The molecule has 2 aromatic heterocycles. The molecular weight excluding hydrogens is 436 g/mol. The molecule has 6 nitrogen and oxygen atoms in total. The van der Waals surface area contributed by atoms with Gasteiger partial charge in [-0.1, -0.05) is 24.3 Å². The zero-order valence-electron chi connectivity index (χ0n) is 19.3. The highest BCUT2D eigenvalue weighted by molar-refractivity contribution is 5.83. The second-order valence-electron chi connectivity index (χ2n) is 8.53. The minimum absolute atomic E-state index is 0.179. The Hall–Kier alpha value is -3.52. The van der Waals surface area contributed by atoms with Gasteiger partial charge < -0.3 is 19.5 Å². The standard InChI is InChI=1S/C26H27F2N5O/c1-17-13-25(32-11-9-29-10-12-32)30-15-21(17)19-7-8-22-23(14-19)33(18(2)31-22)16-20-5-3-4-6-24(20)34-26(27)28/h3-8,13-15,26,29H,9-12,16H2,1-2H3. The van der Waals surface area contributed by atoms with Gasteiger partial charge >= 0.3 is 6.61 Å². The van der Waals surface area contributed by atoms with Crippen LogP contribution in [-0.4, -0.2) is 47.3 Å². The van der Waals surface area contributed by atoms with Crippen LogP contribution in [0.2, 0.25) is 0 Å². The van der Waals surface area contributed by atoms with E-state index in [1.165, 1.54) is 0 Å². The van der Waals surface area contributed by atoms with E-state index in [1.54, 1.807) is 18.2 Å². The first kappa shape index (κ1) is 22.3. The lowest BCUT2D eigenvalue weighted by Crippen LogP contribution is -2.43. The highest BCUT2D eigenvalue weighted by Gasteiger charge is 2.16. The van der Waals surface area contributed by atoms with Crippen molar-refractivity contribution in [2.24, 2.45) is 0 Å². The highest BCUT2D eigenvalue weighted by Crippen LogP contribution is 2.30. The predicted molar refractivity (Wildman–Crippen MR) is 130 cm³/mol. The van der Waals surface area contributed by atoms with Crippen LogP contribution in [0.1, 0.15) is 17.0 Å². The van der Waals surface area contributed by atoms with Crippen LogP contribution in [0.4, 0.5) is 14.6 Å². The summed E-state index contributed by atoms with van der Waals surface area (Å²) in [6, 6.07) is 15.2. The number of alkyl halides is 2. The summed E-state index contributed by atoms with van der Waals surface area (Å²) in [5, 5.41) is 3.37. The van der Waals surface area contributed by atoms with Crippen LogP contribution < -0.4 is 15.0 Å². The topological polar surface area (TPSA) is 55.2 Å². The van der Waals surface area contributed by atoms with Gasteiger partial charge in [0.2, 0.25) is 0 Å². The summed E-state index contributed by atoms with van der Waals surface area (Å²) in [7, 11) is 0. The molecule has 2 aromatic carbocycles. The number of ether oxygens (including phenoxy) is 1. The molecule has 0 bridgehead atoms. The quantitative estimate of drug-likeness (QED) is 0.446. The third-order valence-corrected chi connectivity index (χ3v) is 6.30. The number of hydrogen-bond acceptors (Lipinski definition) is 5. The second kappa shape index (κ2) is 9.38. The zero-order chi connectivity index (χ0) is 23.7. The lowest BCUT2D eigenvalue weighted by atomic mass is 10.0. The molecule has 0 amide bonds. The first-order valence-electron chi connectivity index (χ1n) is 11.4. The minimum Gasteiger partial charge on any atom is -0.434 e. The fourth-order valence-corrected chi connectivity index (χ4v) is 4.54. The first-order chi connectivity index (χ1) is 16.5. The molecule has 1 aliphatic rings. The number of nitrogens with one attached hydrogen (secondary N) is 1. The Morgan fingerprint density at radius 2 is 1.85 bits per heavy atom. The van der Waals surface area contributed by atoms with Gasteiger partial charge in [-0.15, -0.1) is 0 Å². The van der Waals surface area contributed by atoms with Crippen molar-refractivity contribution in [3.05, 3.63) is 71.7 Å². The molecule has 4 aromatic rings. The van der Waals surface area contributed by atoms with Crippen molar-refractivity contribution in [2.75, 3.05) is 31.1 Å². The maximum absolute atomic E-state index is 12.9. The van der Waals surface area contributed by atoms with Gasteiger partial charge in [-0.25, -0.2) is 9.97 Å². The maximum Gasteiger partial charge on any atom is 0.387 e. The van der Waals surface area contributed by atoms with Crippen LogP contribution in [-0.2, 0) is 6.54 Å². The summed E-state index contributed by atoms with van der Waals surface area (Å²) in [4.78, 5) is 11.7. The number of piperazine rings is 1. The van der Waals surface area contributed by atoms with Gasteiger partial charge in [0.1, 0.15) is 17.4 Å². The number of nitrogens with zero attached hydrogens (tertiary/aromatic N) is 4. The van der Waals surface area contributed by atoms with E-state index in [2.05, 4.69) is 40.3 Å². The van der Waals surface area contributed by atoms with Gasteiger partial charge in [-0.05, 0) is 49.2 Å². The van der Waals surface area contributed by atoms with E-state index in [0.717, 1.165) is 65.5 Å². The molecule has 34 heavy (non-hydrogen) atoms. The smallest absolute Gasteiger partial charge is 0.387 e. The lowest BCUT2D eigenvalue weighted by molar-refractivity contribution is -0.0504. The van der Waals surface area contributed by atoms with Crippen LogP contribution in [0.3, 0.4) is 0 Å². The third-order valence-electron chi connectivity index (χ3n) is 6.30. The second-order valence-corrected chi connectivity index (χ2v) is 8.53. The van der Waals surface area contributed by atoms with Crippen molar-refractivity contribution in [3.8, 4) is 16.9 Å². The normalized spacial score (nSPS) is 14.2. The Kier molecular flexibility index (Phi) is 6.15. The Labute approximate surface area is 197 Å². The Bertz CT molecular complexity index is 1310. The van der Waals surface area contributed by atoms with Crippen LogP contribution in [0.5, 0.6) is 5.75 Å². The van der Waals surface area contributed by atoms with E-state index >= 15 is 0 Å². The number of anilines is 1. The number of aryl methyl sites for hydroxylation is 2. The summed E-state index contributed by atoms with van der Waals surface area (Å²) >= 11 is 0. The molecule has 1 fully saturated rings. The highest BCUT2D eigenvalue weighted by atomic mass is 19.3. The average Bonchev–Trinajstić information content (AvgIpc) is 3.14. The maximum atomic E-state index is 12.9. The van der Waals surface area contributed by atoms with E-state index in [0.29, 0.717) is 12.1 Å². The Balaban J connectivity index is 1.49. The summed E-state index contributed by atoms with van der Waals surface area (Å²) < 4.78 is 32.5. The summed E-state index contributed by atoms with van der Waals surface area (Å²) in [6.45, 7) is 5.38. The first-order valence-corrected chi connectivity index (χ1v) is 11.4. The zero-order valence-corrected chi connectivity index (χ0v) is 19.3. The molecule has 1 aliphatic heterocycles. The van der Waals surface area contributed by atoms with Crippen LogP contribution >= 0.6 is 0 Å². The fourth-order valence-electron chi connectivity index (χ4n) is 4.54. The number of fused-ring (bicyclic) bond motifs is 1. The molecule has 8 heteroatoms. The Morgan fingerprint density at radius 1 is 1.06 bits per heavy atom. The van der Waals surface area contributed by atoms with Crippen molar-refractivity contribution in [1.82, 2.24) is 19.9 Å². The van der Waals surface area contributed by atoms with E-state index in [-0.39, 0.29) is 5.75 Å².